The number of Topliss-reactive ketones (excluding diaryl/α,β-unsaturated/α-hetero) is 1. The van der Waals surface area contributed by atoms with E-state index < -0.39 is 79.3 Å². The van der Waals surface area contributed by atoms with Crippen LogP contribution in [-0.4, -0.2) is 159 Å². The van der Waals surface area contributed by atoms with Crippen LogP contribution in [0.5, 0.6) is 0 Å². The van der Waals surface area contributed by atoms with Crippen molar-refractivity contribution >= 4 is 23.5 Å². The summed E-state index contributed by atoms with van der Waals surface area (Å²) in [5.41, 5.74) is 0. The van der Waals surface area contributed by atoms with Gasteiger partial charge in [0.2, 0.25) is 17.7 Å². The molecular formula is C30H51N3O14. The molecule has 0 spiro atoms. The van der Waals surface area contributed by atoms with E-state index in [-0.39, 0.29) is 63.3 Å². The average Bonchev–Trinajstić information content (AvgIpc) is 3.05. The lowest BCUT2D eigenvalue weighted by molar-refractivity contribution is -0.292. The highest BCUT2D eigenvalue weighted by Crippen LogP contribution is 2.25. The molecule has 0 aromatic carbocycles. The number of ether oxygens (including phenoxy) is 4. The van der Waals surface area contributed by atoms with Crippen molar-refractivity contribution in [2.45, 2.75) is 127 Å². The normalized spacial score (nSPS) is 36.1. The lowest BCUT2D eigenvalue weighted by Crippen LogP contribution is -2.58. The first kappa shape index (κ1) is 39.1. The Labute approximate surface area is 273 Å². The molecule has 3 aliphatic rings. The summed E-state index contributed by atoms with van der Waals surface area (Å²) in [5, 5.41) is 65.1. The molecule has 12 atom stereocenters. The number of aliphatic hydroxyl groups excluding tert-OH is 6. The fraction of sp³-hybridized carbons (Fsp3) is 0.867. The monoisotopic (exact) mass is 677 g/mol. The number of unbranched alkanes of at least 4 members (excludes halogenated alkanes) is 1. The maximum Gasteiger partial charge on any atom is 0.242 e. The van der Waals surface area contributed by atoms with Crippen molar-refractivity contribution in [2.24, 2.45) is 5.92 Å². The highest BCUT2D eigenvalue weighted by molar-refractivity contribution is 5.89. The number of ketones is 1. The van der Waals surface area contributed by atoms with Gasteiger partial charge >= 0.3 is 0 Å². The van der Waals surface area contributed by atoms with E-state index in [0.717, 1.165) is 0 Å². The molecule has 3 fully saturated rings. The van der Waals surface area contributed by atoms with Gasteiger partial charge in [0.15, 0.2) is 12.6 Å². The van der Waals surface area contributed by atoms with Crippen LogP contribution < -0.4 is 10.6 Å². The number of nitrogens with one attached hydrogen (secondary N) is 2. The van der Waals surface area contributed by atoms with Crippen LogP contribution in [0.4, 0.5) is 0 Å². The lowest BCUT2D eigenvalue weighted by atomic mass is 9.91. The lowest BCUT2D eigenvalue weighted by Gasteiger charge is -2.39. The van der Waals surface area contributed by atoms with Crippen LogP contribution in [0.2, 0.25) is 0 Å². The zero-order valence-corrected chi connectivity index (χ0v) is 27.1. The molecule has 3 aliphatic heterocycles. The largest absolute Gasteiger partial charge is 0.388 e. The van der Waals surface area contributed by atoms with Gasteiger partial charge in [-0.3, -0.25) is 14.4 Å². The van der Waals surface area contributed by atoms with E-state index in [1.54, 1.807) is 0 Å². The van der Waals surface area contributed by atoms with Crippen molar-refractivity contribution < 1.29 is 68.8 Å². The highest BCUT2D eigenvalue weighted by Gasteiger charge is 2.44. The Morgan fingerprint density at radius 3 is 1.70 bits per heavy atom. The predicted octanol–water partition coefficient (Wildman–Crippen LogP) is -3.34. The molecule has 0 aromatic rings. The summed E-state index contributed by atoms with van der Waals surface area (Å²) < 4.78 is 21.7. The minimum atomic E-state index is -1.49. The number of carbonyl (C=O) groups is 4. The summed E-state index contributed by atoms with van der Waals surface area (Å²) in [5.74, 6) is -1.76. The van der Waals surface area contributed by atoms with E-state index in [4.69, 9.17) is 18.9 Å². The summed E-state index contributed by atoms with van der Waals surface area (Å²) in [4.78, 5) is 52.1. The molecule has 8 N–H and O–H groups in total. The first-order valence-electron chi connectivity index (χ1n) is 16.2. The topological polar surface area (TPSA) is 254 Å². The van der Waals surface area contributed by atoms with Crippen molar-refractivity contribution in [2.75, 3.05) is 32.8 Å². The van der Waals surface area contributed by atoms with Gasteiger partial charge in [-0.1, -0.05) is 0 Å². The number of piperidine rings is 1. The van der Waals surface area contributed by atoms with Crippen molar-refractivity contribution in [1.29, 1.82) is 0 Å². The summed E-state index contributed by atoms with van der Waals surface area (Å²) in [6.07, 6.45) is -10.5. The molecule has 3 amide bonds. The van der Waals surface area contributed by atoms with E-state index in [9.17, 15) is 49.8 Å². The van der Waals surface area contributed by atoms with Crippen LogP contribution in [0, 0.1) is 5.92 Å². The van der Waals surface area contributed by atoms with Crippen LogP contribution in [0.3, 0.4) is 0 Å². The summed E-state index contributed by atoms with van der Waals surface area (Å²) in [6, 6.07) is -0.857. The van der Waals surface area contributed by atoms with E-state index >= 15 is 0 Å². The first-order chi connectivity index (χ1) is 22.2. The van der Waals surface area contributed by atoms with Crippen LogP contribution in [0.15, 0.2) is 0 Å². The quantitative estimate of drug-likeness (QED) is 0.0790. The van der Waals surface area contributed by atoms with Crippen LogP contribution in [-0.2, 0) is 38.1 Å². The van der Waals surface area contributed by atoms with Crippen LogP contribution in [0.1, 0.15) is 59.3 Å². The number of likely N-dealkylation sites (tertiary alicyclic amines) is 1. The van der Waals surface area contributed by atoms with Crippen LogP contribution >= 0.6 is 0 Å². The Morgan fingerprint density at radius 1 is 0.702 bits per heavy atom. The molecule has 3 heterocycles. The minimum absolute atomic E-state index is 0.00628. The molecule has 0 radical (unpaired) electrons. The third-order valence-electron chi connectivity index (χ3n) is 8.73. The van der Waals surface area contributed by atoms with Gasteiger partial charge < -0.3 is 69.9 Å². The van der Waals surface area contributed by atoms with Gasteiger partial charge in [0.25, 0.3) is 0 Å². The molecule has 0 unspecified atom stereocenters. The third kappa shape index (κ3) is 10.8. The Balaban J connectivity index is 1.50. The molecule has 0 aromatic heterocycles. The Morgan fingerprint density at radius 2 is 1.19 bits per heavy atom. The predicted molar refractivity (Wildman–Crippen MR) is 160 cm³/mol. The third-order valence-corrected chi connectivity index (χ3v) is 8.73. The SMILES string of the molecule is CC(=O)CCCCC(=O)N1C[C@H](C(=O)NCCO[C@@H]2O[C@@H](C)[C@@H](O)[C@@H](O)[C@@H]2O)CC[C@@H]1C(=O)NCCO[C@@H]1O[C@@H](C)[C@@H](O)[C@@H](O)[C@@H]1O. The van der Waals surface area contributed by atoms with Crippen molar-refractivity contribution in [1.82, 2.24) is 15.5 Å². The second-order valence-electron chi connectivity index (χ2n) is 12.4. The van der Waals surface area contributed by atoms with Crippen molar-refractivity contribution in [3.8, 4) is 0 Å². The maximum absolute atomic E-state index is 13.2. The Bertz CT molecular complexity index is 1050. The molecule has 3 saturated heterocycles. The average molecular weight is 678 g/mol. The maximum atomic E-state index is 13.2. The fourth-order valence-electron chi connectivity index (χ4n) is 5.79. The molecule has 17 nitrogen and oxygen atoms in total. The zero-order valence-electron chi connectivity index (χ0n) is 27.1. The van der Waals surface area contributed by atoms with E-state index in [1.807, 2.05) is 0 Å². The molecule has 270 valence electrons. The van der Waals surface area contributed by atoms with Gasteiger partial charge in [-0.15, -0.1) is 0 Å². The highest BCUT2D eigenvalue weighted by atomic mass is 16.7. The number of aliphatic hydroxyl groups is 6. The second-order valence-corrected chi connectivity index (χ2v) is 12.4. The first-order valence-corrected chi connectivity index (χ1v) is 16.2. The molecule has 3 rings (SSSR count). The van der Waals surface area contributed by atoms with Gasteiger partial charge in [0.05, 0.1) is 31.3 Å². The smallest absolute Gasteiger partial charge is 0.242 e. The number of rotatable bonds is 15. The summed E-state index contributed by atoms with van der Waals surface area (Å²) in [6.45, 7) is 4.36. The molecule has 17 heteroatoms. The number of nitrogens with zero attached hydrogens (tertiary/aromatic N) is 1. The fourth-order valence-corrected chi connectivity index (χ4v) is 5.79. The van der Waals surface area contributed by atoms with Gasteiger partial charge in [-0.05, 0) is 46.5 Å². The van der Waals surface area contributed by atoms with Crippen molar-refractivity contribution in [3.05, 3.63) is 0 Å². The summed E-state index contributed by atoms with van der Waals surface area (Å²) in [7, 11) is 0. The molecule has 0 bridgehead atoms. The number of amides is 3. The minimum Gasteiger partial charge on any atom is -0.388 e. The van der Waals surface area contributed by atoms with E-state index in [2.05, 4.69) is 10.6 Å². The second kappa shape index (κ2) is 18.4. The zero-order chi connectivity index (χ0) is 34.8. The number of hydrogen-bond donors (Lipinski definition) is 8. The molecular weight excluding hydrogens is 626 g/mol. The molecule has 47 heavy (non-hydrogen) atoms. The van der Waals surface area contributed by atoms with Gasteiger partial charge in [0.1, 0.15) is 48.4 Å². The van der Waals surface area contributed by atoms with E-state index in [1.165, 1.54) is 25.7 Å². The number of carbonyl (C=O) groups excluding carboxylic acids is 4. The Kier molecular flexibility index (Phi) is 15.4. The van der Waals surface area contributed by atoms with E-state index in [0.29, 0.717) is 25.7 Å². The standard InChI is InChI=1S/C30H51N3O14/c1-15(34)6-4-5-7-20(35)33-14-18(27(42)31-10-12-44-29-25(40)23(38)21(36)16(2)46-29)8-9-19(33)28(43)32-11-13-45-30-26(41)24(39)22(37)17(3)47-30/h16-19,21-26,29-30,36-41H,4-14H2,1-3H3,(H,31,42)(H,32,43)/t16-,17-,18+,19+,21+,22+,23+,24+,25-,26-,29+,30+/m0/s1. The Hall–Kier alpha value is -2.32. The number of hydrogen-bond acceptors (Lipinski definition) is 14. The summed E-state index contributed by atoms with van der Waals surface area (Å²) >= 11 is 0. The molecule has 0 saturated carbocycles. The van der Waals surface area contributed by atoms with Gasteiger partial charge in [0, 0.05) is 32.5 Å². The molecule has 0 aliphatic carbocycles. The van der Waals surface area contributed by atoms with Gasteiger partial charge in [-0.2, -0.15) is 0 Å². The van der Waals surface area contributed by atoms with Gasteiger partial charge in [-0.25, -0.2) is 0 Å². The van der Waals surface area contributed by atoms with Crippen LogP contribution in [0.25, 0.3) is 0 Å². The van der Waals surface area contributed by atoms with Crippen molar-refractivity contribution in [3.63, 3.8) is 0 Å².